The van der Waals surface area contributed by atoms with Gasteiger partial charge in [-0.15, -0.1) is 0 Å². The van der Waals surface area contributed by atoms with E-state index in [1.165, 1.54) is 0 Å². The molecule has 8 heteroatoms. The second-order valence-electron chi connectivity index (χ2n) is 2.90. The maximum atomic E-state index is 10.8. The predicted octanol–water partition coefficient (Wildman–Crippen LogP) is 0.806. The first kappa shape index (κ1) is 12.7. The summed E-state index contributed by atoms with van der Waals surface area (Å²) in [5, 5.41) is 9.10. The van der Waals surface area contributed by atoms with Gasteiger partial charge in [0.1, 0.15) is 0 Å². The molecular weight excluding hydrogens is 254 g/mol. The highest BCUT2D eigenvalue weighted by Crippen LogP contribution is 2.29. The third-order valence-electron chi connectivity index (χ3n) is 1.77. The standard InChI is InChI=1S/C8H10ClN3O3S/c1-2-12(3-4(10)13)8-11-6(9)5(16-8)7(14)15/h2-3H2,1H3,(H2,10,13)(H,14,15). The average Bonchev–Trinajstić information content (AvgIpc) is 2.56. The van der Waals surface area contributed by atoms with E-state index < -0.39 is 11.9 Å². The van der Waals surface area contributed by atoms with Gasteiger partial charge < -0.3 is 15.7 Å². The van der Waals surface area contributed by atoms with E-state index >= 15 is 0 Å². The van der Waals surface area contributed by atoms with Crippen LogP contribution in [0.15, 0.2) is 0 Å². The lowest BCUT2D eigenvalue weighted by Crippen LogP contribution is -2.33. The molecule has 0 aliphatic heterocycles. The van der Waals surface area contributed by atoms with E-state index in [2.05, 4.69) is 4.98 Å². The summed E-state index contributed by atoms with van der Waals surface area (Å²) in [6.07, 6.45) is 0. The number of carbonyl (C=O) groups is 2. The van der Waals surface area contributed by atoms with Crippen molar-refractivity contribution < 1.29 is 14.7 Å². The molecule has 0 saturated carbocycles. The molecule has 16 heavy (non-hydrogen) atoms. The molecule has 0 radical (unpaired) electrons. The number of nitrogens with two attached hydrogens (primary N) is 1. The van der Waals surface area contributed by atoms with E-state index in [-0.39, 0.29) is 16.6 Å². The Labute approximate surface area is 101 Å². The molecule has 0 spiro atoms. The number of amides is 1. The number of nitrogens with zero attached hydrogens (tertiary/aromatic N) is 2. The second-order valence-corrected chi connectivity index (χ2v) is 4.24. The quantitative estimate of drug-likeness (QED) is 0.819. The number of anilines is 1. The van der Waals surface area contributed by atoms with Crippen LogP contribution in [0.5, 0.6) is 0 Å². The molecule has 3 N–H and O–H groups in total. The summed E-state index contributed by atoms with van der Waals surface area (Å²) in [5.41, 5.74) is 5.06. The Morgan fingerprint density at radius 1 is 1.62 bits per heavy atom. The van der Waals surface area contributed by atoms with Gasteiger partial charge in [0.25, 0.3) is 0 Å². The van der Waals surface area contributed by atoms with E-state index in [1.54, 1.807) is 11.8 Å². The number of rotatable bonds is 5. The lowest BCUT2D eigenvalue weighted by molar-refractivity contribution is -0.116. The van der Waals surface area contributed by atoms with E-state index in [1.807, 2.05) is 0 Å². The molecule has 1 aromatic heterocycles. The predicted molar refractivity (Wildman–Crippen MR) is 61.2 cm³/mol. The molecule has 1 rings (SSSR count). The summed E-state index contributed by atoms with van der Waals surface area (Å²) < 4.78 is 0. The average molecular weight is 264 g/mol. The van der Waals surface area contributed by atoms with Crippen LogP contribution in [0.2, 0.25) is 5.15 Å². The monoisotopic (exact) mass is 263 g/mol. The van der Waals surface area contributed by atoms with Crippen LogP contribution in [0.4, 0.5) is 5.13 Å². The molecule has 0 fully saturated rings. The maximum Gasteiger partial charge on any atom is 0.349 e. The SMILES string of the molecule is CCN(CC(N)=O)c1nc(Cl)c(C(=O)O)s1. The van der Waals surface area contributed by atoms with Gasteiger partial charge >= 0.3 is 5.97 Å². The van der Waals surface area contributed by atoms with Crippen LogP contribution < -0.4 is 10.6 Å². The largest absolute Gasteiger partial charge is 0.477 e. The number of hydrogen-bond acceptors (Lipinski definition) is 5. The van der Waals surface area contributed by atoms with Gasteiger partial charge in [0.05, 0.1) is 6.54 Å². The van der Waals surface area contributed by atoms with Gasteiger partial charge in [0.15, 0.2) is 15.2 Å². The lowest BCUT2D eigenvalue weighted by Gasteiger charge is -2.16. The maximum absolute atomic E-state index is 10.8. The first-order valence-electron chi connectivity index (χ1n) is 4.38. The molecule has 6 nitrogen and oxygen atoms in total. The number of carbonyl (C=O) groups excluding carboxylic acids is 1. The molecule has 0 aliphatic rings. The van der Waals surface area contributed by atoms with Crippen molar-refractivity contribution in [2.45, 2.75) is 6.92 Å². The number of carboxylic acids is 1. The molecule has 1 amide bonds. The van der Waals surface area contributed by atoms with Crippen molar-refractivity contribution in [2.24, 2.45) is 5.73 Å². The number of primary amides is 1. The Bertz CT molecular complexity index is 421. The highest BCUT2D eigenvalue weighted by molar-refractivity contribution is 7.18. The van der Waals surface area contributed by atoms with Gasteiger partial charge in [-0.2, -0.15) is 0 Å². The summed E-state index contributed by atoms with van der Waals surface area (Å²) in [7, 11) is 0. The summed E-state index contributed by atoms with van der Waals surface area (Å²) in [6.45, 7) is 2.28. The molecule has 1 aromatic rings. The van der Waals surface area contributed by atoms with Gasteiger partial charge in [0.2, 0.25) is 5.91 Å². The van der Waals surface area contributed by atoms with Crippen LogP contribution in [0.25, 0.3) is 0 Å². The van der Waals surface area contributed by atoms with Crippen LogP contribution >= 0.6 is 22.9 Å². The fourth-order valence-corrected chi connectivity index (χ4v) is 2.25. The van der Waals surface area contributed by atoms with Crippen molar-refractivity contribution in [3.05, 3.63) is 10.0 Å². The zero-order valence-electron chi connectivity index (χ0n) is 8.44. The minimum atomic E-state index is -1.14. The normalized spacial score (nSPS) is 10.1. The zero-order chi connectivity index (χ0) is 12.3. The van der Waals surface area contributed by atoms with Crippen molar-refractivity contribution in [1.82, 2.24) is 4.98 Å². The van der Waals surface area contributed by atoms with Crippen molar-refractivity contribution in [2.75, 3.05) is 18.0 Å². The van der Waals surface area contributed by atoms with Crippen molar-refractivity contribution >= 4 is 39.9 Å². The number of aromatic nitrogens is 1. The number of hydrogen-bond donors (Lipinski definition) is 2. The Balaban J connectivity index is 2.98. The van der Waals surface area contributed by atoms with Crippen LogP contribution in [-0.4, -0.2) is 35.1 Å². The Morgan fingerprint density at radius 2 is 2.25 bits per heavy atom. The van der Waals surface area contributed by atoms with E-state index in [4.69, 9.17) is 22.4 Å². The molecule has 0 aromatic carbocycles. The van der Waals surface area contributed by atoms with Gasteiger partial charge in [-0.1, -0.05) is 22.9 Å². The molecule has 0 unspecified atom stereocenters. The first-order valence-corrected chi connectivity index (χ1v) is 5.58. The zero-order valence-corrected chi connectivity index (χ0v) is 10.0. The highest BCUT2D eigenvalue weighted by Gasteiger charge is 2.19. The Morgan fingerprint density at radius 3 is 2.62 bits per heavy atom. The van der Waals surface area contributed by atoms with Crippen LogP contribution in [0, 0.1) is 0 Å². The molecule has 0 aliphatic carbocycles. The van der Waals surface area contributed by atoms with Crippen LogP contribution in [-0.2, 0) is 4.79 Å². The summed E-state index contributed by atoms with van der Waals surface area (Å²) in [6, 6.07) is 0. The highest BCUT2D eigenvalue weighted by atomic mass is 35.5. The second kappa shape index (κ2) is 5.13. The fourth-order valence-electron chi connectivity index (χ4n) is 1.06. The number of carboxylic acid groups (broad SMARTS) is 1. The molecule has 88 valence electrons. The van der Waals surface area contributed by atoms with Gasteiger partial charge in [0, 0.05) is 6.54 Å². The van der Waals surface area contributed by atoms with Crippen molar-refractivity contribution in [1.29, 1.82) is 0 Å². The molecule has 0 atom stereocenters. The molecule has 0 saturated heterocycles. The van der Waals surface area contributed by atoms with E-state index in [0.29, 0.717) is 11.7 Å². The summed E-state index contributed by atoms with van der Waals surface area (Å²) in [5.74, 6) is -1.64. The third kappa shape index (κ3) is 2.83. The Hall–Kier alpha value is -1.34. The number of halogens is 1. The van der Waals surface area contributed by atoms with Crippen LogP contribution in [0.3, 0.4) is 0 Å². The van der Waals surface area contributed by atoms with E-state index in [9.17, 15) is 9.59 Å². The lowest BCUT2D eigenvalue weighted by atomic mass is 10.5. The summed E-state index contributed by atoms with van der Waals surface area (Å²) >= 11 is 6.57. The number of likely N-dealkylation sites (N-methyl/N-ethyl adjacent to an activating group) is 1. The van der Waals surface area contributed by atoms with Crippen molar-refractivity contribution in [3.8, 4) is 0 Å². The summed E-state index contributed by atoms with van der Waals surface area (Å²) in [4.78, 5) is 26.9. The molecular formula is C8H10ClN3O3S. The minimum absolute atomic E-state index is 0.0145. The van der Waals surface area contributed by atoms with E-state index in [0.717, 1.165) is 11.3 Å². The van der Waals surface area contributed by atoms with Gasteiger partial charge in [-0.3, -0.25) is 4.79 Å². The number of aromatic carboxylic acids is 1. The number of thiazole rings is 1. The van der Waals surface area contributed by atoms with Crippen LogP contribution in [0.1, 0.15) is 16.6 Å². The Kier molecular flexibility index (Phi) is 4.08. The minimum Gasteiger partial charge on any atom is -0.477 e. The third-order valence-corrected chi connectivity index (χ3v) is 3.26. The van der Waals surface area contributed by atoms with Gasteiger partial charge in [-0.25, -0.2) is 9.78 Å². The molecule has 0 bridgehead atoms. The first-order chi connectivity index (χ1) is 7.45. The topological polar surface area (TPSA) is 96.5 Å². The van der Waals surface area contributed by atoms with Crippen molar-refractivity contribution in [3.63, 3.8) is 0 Å². The molecule has 1 heterocycles. The van der Waals surface area contributed by atoms with Gasteiger partial charge in [-0.05, 0) is 6.92 Å². The smallest absolute Gasteiger partial charge is 0.349 e. The fraction of sp³-hybridized carbons (Fsp3) is 0.375.